The molecule has 1 aromatic carbocycles. The minimum atomic E-state index is 0.292. The molecule has 3 rings (SSSR count). The van der Waals surface area contributed by atoms with Crippen molar-refractivity contribution in [3.63, 3.8) is 0 Å². The van der Waals surface area contributed by atoms with Crippen LogP contribution in [0.2, 0.25) is 0 Å². The van der Waals surface area contributed by atoms with E-state index < -0.39 is 0 Å². The maximum atomic E-state index is 12.7. The van der Waals surface area contributed by atoms with E-state index >= 15 is 0 Å². The lowest BCUT2D eigenvalue weighted by molar-refractivity contribution is -0.134. The quantitative estimate of drug-likeness (QED) is 0.746. The molecule has 2 saturated carbocycles. The van der Waals surface area contributed by atoms with Crippen LogP contribution in [0.25, 0.3) is 0 Å². The molecule has 2 heteroatoms. The molecule has 1 atom stereocenters. The Morgan fingerprint density at radius 3 is 2.75 bits per heavy atom. The van der Waals surface area contributed by atoms with E-state index in [-0.39, 0.29) is 0 Å². The molecule has 2 fully saturated rings. The zero-order valence-electron chi connectivity index (χ0n) is 12.3. The molecule has 2 aliphatic rings. The van der Waals surface area contributed by atoms with Gasteiger partial charge in [0.2, 0.25) is 5.91 Å². The van der Waals surface area contributed by atoms with Crippen LogP contribution in [0.3, 0.4) is 0 Å². The van der Waals surface area contributed by atoms with Crippen LogP contribution in [0.15, 0.2) is 36.9 Å². The van der Waals surface area contributed by atoms with Gasteiger partial charge in [0, 0.05) is 19.0 Å². The number of carbonyl (C=O) groups excluding carboxylic acids is 1. The second-order valence-electron chi connectivity index (χ2n) is 6.41. The van der Waals surface area contributed by atoms with Gasteiger partial charge in [-0.1, -0.05) is 36.8 Å². The maximum absolute atomic E-state index is 12.7. The summed E-state index contributed by atoms with van der Waals surface area (Å²) in [5, 5.41) is 0. The van der Waals surface area contributed by atoms with Gasteiger partial charge in [-0.2, -0.15) is 0 Å². The fourth-order valence-corrected chi connectivity index (χ4v) is 3.48. The normalized spacial score (nSPS) is 22.1. The topological polar surface area (TPSA) is 20.3 Å². The third-order valence-electron chi connectivity index (χ3n) is 5.12. The van der Waals surface area contributed by atoms with Crippen LogP contribution in [0.1, 0.15) is 36.8 Å². The lowest BCUT2D eigenvalue weighted by atomic mass is 9.79. The molecule has 1 amide bonds. The second kappa shape index (κ2) is 5.08. The molecule has 0 aliphatic heterocycles. The molecule has 0 heterocycles. The molecule has 0 radical (unpaired) electrons. The fourth-order valence-electron chi connectivity index (χ4n) is 3.48. The lowest BCUT2D eigenvalue weighted by Crippen LogP contribution is -2.34. The first kappa shape index (κ1) is 13.4. The van der Waals surface area contributed by atoms with Crippen LogP contribution >= 0.6 is 0 Å². The number of rotatable bonds is 5. The van der Waals surface area contributed by atoms with Gasteiger partial charge < -0.3 is 4.90 Å². The first-order valence-corrected chi connectivity index (χ1v) is 7.60. The first-order chi connectivity index (χ1) is 9.66. The number of aryl methyl sites for hydroxylation is 1. The van der Waals surface area contributed by atoms with Crippen molar-refractivity contribution < 1.29 is 4.79 Å². The highest BCUT2D eigenvalue weighted by molar-refractivity contribution is 5.83. The zero-order valence-corrected chi connectivity index (χ0v) is 12.3. The van der Waals surface area contributed by atoms with Crippen LogP contribution < -0.4 is 0 Å². The molecule has 106 valence electrons. The Balaban J connectivity index is 1.71. The summed E-state index contributed by atoms with van der Waals surface area (Å²) in [7, 11) is 0. The van der Waals surface area contributed by atoms with E-state index in [4.69, 9.17) is 0 Å². The molecular formula is C18H23NO. The molecule has 1 aromatic rings. The molecule has 20 heavy (non-hydrogen) atoms. The Morgan fingerprint density at radius 1 is 1.45 bits per heavy atom. The van der Waals surface area contributed by atoms with Gasteiger partial charge in [-0.05, 0) is 42.7 Å². The average Bonchev–Trinajstić information content (AvgIpc) is 3.15. The van der Waals surface area contributed by atoms with Crippen molar-refractivity contribution in [2.45, 2.75) is 39.2 Å². The van der Waals surface area contributed by atoms with Gasteiger partial charge >= 0.3 is 0 Å². The number of hydrogen-bond acceptors (Lipinski definition) is 1. The van der Waals surface area contributed by atoms with E-state index in [1.807, 2.05) is 23.1 Å². The van der Waals surface area contributed by atoms with Crippen molar-refractivity contribution in [2.75, 3.05) is 6.54 Å². The van der Waals surface area contributed by atoms with Crippen LogP contribution in [0.5, 0.6) is 0 Å². The molecule has 1 spiro atoms. The number of nitrogens with zero attached hydrogens (tertiary/aromatic N) is 1. The van der Waals surface area contributed by atoms with Gasteiger partial charge in [0.15, 0.2) is 0 Å². The number of hydrogen-bond donors (Lipinski definition) is 0. The Hall–Kier alpha value is -1.57. The van der Waals surface area contributed by atoms with Gasteiger partial charge in [0.25, 0.3) is 0 Å². The predicted octanol–water partition coefficient (Wildman–Crippen LogP) is 3.70. The smallest absolute Gasteiger partial charge is 0.226 e. The second-order valence-corrected chi connectivity index (χ2v) is 6.41. The van der Waals surface area contributed by atoms with Gasteiger partial charge in [-0.3, -0.25) is 4.79 Å². The van der Waals surface area contributed by atoms with Crippen molar-refractivity contribution in [3.05, 3.63) is 48.0 Å². The molecule has 0 bridgehead atoms. The van der Waals surface area contributed by atoms with E-state index in [1.165, 1.54) is 30.4 Å². The summed E-state index contributed by atoms with van der Waals surface area (Å²) in [6, 6.07) is 8.31. The zero-order chi connectivity index (χ0) is 14.2. The number of amides is 1. The number of benzene rings is 1. The minimum Gasteiger partial charge on any atom is -0.334 e. The van der Waals surface area contributed by atoms with E-state index in [0.717, 1.165) is 6.42 Å². The summed E-state index contributed by atoms with van der Waals surface area (Å²) in [5.74, 6) is 0.632. The molecular weight excluding hydrogens is 246 g/mol. The first-order valence-electron chi connectivity index (χ1n) is 7.60. The van der Waals surface area contributed by atoms with Crippen LogP contribution in [0.4, 0.5) is 0 Å². The summed E-state index contributed by atoms with van der Waals surface area (Å²) in [6.07, 6.45) is 6.79. The molecule has 2 nitrogen and oxygen atoms in total. The van der Waals surface area contributed by atoms with Crippen molar-refractivity contribution >= 4 is 5.91 Å². The van der Waals surface area contributed by atoms with Gasteiger partial charge in [-0.25, -0.2) is 0 Å². The largest absolute Gasteiger partial charge is 0.334 e. The van der Waals surface area contributed by atoms with Gasteiger partial charge in [0.1, 0.15) is 0 Å². The lowest BCUT2D eigenvalue weighted by Gasteiger charge is -2.29. The molecule has 0 aromatic heterocycles. The van der Waals surface area contributed by atoms with Crippen LogP contribution in [-0.2, 0) is 11.3 Å². The highest BCUT2D eigenvalue weighted by Crippen LogP contribution is 2.65. The highest BCUT2D eigenvalue weighted by Gasteiger charge is 2.61. The van der Waals surface area contributed by atoms with Crippen molar-refractivity contribution in [2.24, 2.45) is 11.3 Å². The summed E-state index contributed by atoms with van der Waals surface area (Å²) in [6.45, 7) is 7.28. The maximum Gasteiger partial charge on any atom is 0.226 e. The molecule has 0 saturated heterocycles. The van der Waals surface area contributed by atoms with Crippen LogP contribution in [-0.4, -0.2) is 17.4 Å². The minimum absolute atomic E-state index is 0.292. The summed E-state index contributed by atoms with van der Waals surface area (Å²) < 4.78 is 0. The molecule has 2 aliphatic carbocycles. The fraction of sp³-hybridized carbons (Fsp3) is 0.500. The third-order valence-corrected chi connectivity index (χ3v) is 5.12. The highest BCUT2D eigenvalue weighted by atomic mass is 16.2. The average molecular weight is 269 g/mol. The third kappa shape index (κ3) is 2.28. The van der Waals surface area contributed by atoms with Crippen molar-refractivity contribution in [1.29, 1.82) is 0 Å². The van der Waals surface area contributed by atoms with E-state index in [1.54, 1.807) is 0 Å². The summed E-state index contributed by atoms with van der Waals surface area (Å²) >= 11 is 0. The van der Waals surface area contributed by atoms with Gasteiger partial charge in [0.05, 0.1) is 0 Å². The van der Waals surface area contributed by atoms with Crippen LogP contribution in [0, 0.1) is 18.3 Å². The number of carbonyl (C=O) groups is 1. The Labute approximate surface area is 121 Å². The Morgan fingerprint density at radius 2 is 2.20 bits per heavy atom. The Bertz CT molecular complexity index is 530. The monoisotopic (exact) mass is 269 g/mol. The SMILES string of the molecule is C=CCN(Cc1ccccc1C)C(=O)C1CC12CCC2. The van der Waals surface area contributed by atoms with Gasteiger partial charge in [-0.15, -0.1) is 6.58 Å². The predicted molar refractivity (Wildman–Crippen MR) is 81.2 cm³/mol. The Kier molecular flexibility index (Phi) is 3.41. The molecule has 0 N–H and O–H groups in total. The van der Waals surface area contributed by atoms with Crippen molar-refractivity contribution in [3.8, 4) is 0 Å². The van der Waals surface area contributed by atoms with E-state index in [2.05, 4.69) is 25.6 Å². The van der Waals surface area contributed by atoms with E-state index in [9.17, 15) is 4.79 Å². The molecule has 1 unspecified atom stereocenters. The van der Waals surface area contributed by atoms with E-state index in [0.29, 0.717) is 30.3 Å². The van der Waals surface area contributed by atoms with Crippen molar-refractivity contribution in [1.82, 2.24) is 4.90 Å². The standard InChI is InChI=1S/C18H23NO/c1-3-11-19(13-15-8-5-4-7-14(15)2)17(20)16-12-18(16)9-6-10-18/h3-5,7-8,16H,1,6,9-13H2,2H3. The summed E-state index contributed by atoms with van der Waals surface area (Å²) in [5.41, 5.74) is 2.90. The summed E-state index contributed by atoms with van der Waals surface area (Å²) in [4.78, 5) is 14.7.